The van der Waals surface area contributed by atoms with E-state index in [1.54, 1.807) is 62.1 Å². The van der Waals surface area contributed by atoms with Crippen LogP contribution in [-0.2, 0) is 124 Å². The summed E-state index contributed by atoms with van der Waals surface area (Å²) in [6.07, 6.45) is 3.98. The third-order valence-electron chi connectivity index (χ3n) is 14.7. The minimum Gasteiger partial charge on any atom is -0.671 e. The Balaban J connectivity index is 0.000000221. The number of carboxylic acids is 1. The molecular formula is C64H65ClN7O6Y3-3. The predicted molar refractivity (Wildman–Crippen MR) is 314 cm³/mol. The topological polar surface area (TPSA) is 187 Å². The molecule has 5 N–H and O–H groups in total. The summed E-state index contributed by atoms with van der Waals surface area (Å²) in [5.41, 5.74) is 31.3. The number of carbonyl (C=O) groups excluding carboxylic acids is 4. The predicted octanol–water partition coefficient (Wildman–Crippen LogP) is 14.4. The van der Waals surface area contributed by atoms with Gasteiger partial charge in [0.1, 0.15) is 0 Å². The number of carboxylic acid groups (broad SMARTS) is 1. The van der Waals surface area contributed by atoms with Gasteiger partial charge in [0.2, 0.25) is 17.7 Å². The van der Waals surface area contributed by atoms with Crippen molar-refractivity contribution in [3.8, 4) is 33.4 Å². The van der Waals surface area contributed by atoms with Gasteiger partial charge in [-0.25, -0.2) is 4.79 Å². The first-order chi connectivity index (χ1) is 37.3. The van der Waals surface area contributed by atoms with Crippen molar-refractivity contribution < 1.29 is 127 Å². The number of halogens is 1. The van der Waals surface area contributed by atoms with Crippen molar-refractivity contribution in [3.05, 3.63) is 202 Å². The van der Waals surface area contributed by atoms with Crippen molar-refractivity contribution in [2.45, 2.75) is 104 Å². The summed E-state index contributed by atoms with van der Waals surface area (Å²) in [6, 6.07) is 47.7. The fraction of sp³-hybridized carbons (Fsp3) is 0.266. The van der Waals surface area contributed by atoms with Gasteiger partial charge in [-0.15, -0.1) is 24.2 Å². The van der Waals surface area contributed by atoms with Gasteiger partial charge >= 0.3 is 5.97 Å². The first-order valence-electron chi connectivity index (χ1n) is 26.2. The third kappa shape index (κ3) is 16.0. The van der Waals surface area contributed by atoms with Crippen LogP contribution in [0.5, 0.6) is 0 Å². The summed E-state index contributed by atoms with van der Waals surface area (Å²) < 4.78 is 0. The molecule has 3 aliphatic heterocycles. The SMILES string of the molecule is CC(=O)N1c2ccc(-c3ccc(C(=O)O)cc3)cc2[C@H]([NH-])C[C@@H]1C.CC(=O)N1c2ccc(-c3ccc([C-]=O)cc3)cc2[C@H](Nc2ccc(Cl)cc2)C[C@@H]1C.CNCc1ccc(-c2ccc3c(c2)[C@H]([NH-])C[C@H](C)N3C(C)=O)cc1.[Y].[Y].[Y]. The van der Waals surface area contributed by atoms with Gasteiger partial charge in [0.25, 0.3) is 0 Å². The van der Waals surface area contributed by atoms with E-state index < -0.39 is 5.97 Å². The molecule has 0 spiro atoms. The van der Waals surface area contributed by atoms with E-state index in [0.717, 1.165) is 85.8 Å². The van der Waals surface area contributed by atoms with Crippen molar-refractivity contribution in [2.75, 3.05) is 27.1 Å². The van der Waals surface area contributed by atoms with Gasteiger partial charge in [-0.3, -0.25) is 14.4 Å². The number of aromatic carboxylic acids is 1. The molecule has 81 heavy (non-hydrogen) atoms. The molecule has 3 amide bonds. The van der Waals surface area contributed by atoms with E-state index in [9.17, 15) is 24.0 Å². The molecule has 3 aliphatic rings. The summed E-state index contributed by atoms with van der Waals surface area (Å²) in [5, 5.41) is 16.4. The fourth-order valence-electron chi connectivity index (χ4n) is 11.0. The zero-order valence-electron chi connectivity index (χ0n) is 46.7. The Hall–Kier alpha value is -4.63. The Labute approximate surface area is 556 Å². The van der Waals surface area contributed by atoms with Crippen LogP contribution in [0.3, 0.4) is 0 Å². The normalized spacial score (nSPS) is 18.4. The first-order valence-corrected chi connectivity index (χ1v) is 26.5. The monoisotopic (exact) mass is 1330 g/mol. The zero-order valence-corrected chi connectivity index (χ0v) is 55.9. The molecule has 17 heteroatoms. The van der Waals surface area contributed by atoms with Gasteiger partial charge in [-0.05, 0) is 163 Å². The molecular weight excluding hydrogens is 1260 g/mol. The second kappa shape index (κ2) is 30.3. The summed E-state index contributed by atoms with van der Waals surface area (Å²) in [5.74, 6) is -0.898. The number of nitrogens with one attached hydrogen (secondary N) is 4. The Morgan fingerprint density at radius 2 is 0.914 bits per heavy atom. The summed E-state index contributed by atoms with van der Waals surface area (Å²) >= 11 is 6.03. The van der Waals surface area contributed by atoms with Crippen LogP contribution < -0.4 is 25.3 Å². The summed E-state index contributed by atoms with van der Waals surface area (Å²) in [7, 11) is 1.94. The van der Waals surface area contributed by atoms with Gasteiger partial charge in [-0.1, -0.05) is 78.3 Å². The number of rotatable bonds is 9. The molecule has 10 rings (SSSR count). The van der Waals surface area contributed by atoms with Crippen LogP contribution in [0.1, 0.15) is 117 Å². The molecule has 0 aromatic heterocycles. The van der Waals surface area contributed by atoms with Crippen molar-refractivity contribution in [3.63, 3.8) is 0 Å². The molecule has 0 bridgehead atoms. The van der Waals surface area contributed by atoms with Crippen molar-refractivity contribution in [2.24, 2.45) is 0 Å². The minimum absolute atomic E-state index is 0. The van der Waals surface area contributed by atoms with E-state index in [1.807, 2.05) is 116 Å². The van der Waals surface area contributed by atoms with Crippen LogP contribution in [0.2, 0.25) is 5.02 Å². The average molecular weight is 1330 g/mol. The third-order valence-corrected chi connectivity index (χ3v) is 15.0. The quantitative estimate of drug-likeness (QED) is 0.119. The maximum absolute atomic E-state index is 12.4. The van der Waals surface area contributed by atoms with Crippen LogP contribution in [0, 0.1) is 0 Å². The molecule has 411 valence electrons. The second-order valence-corrected chi connectivity index (χ2v) is 20.8. The maximum Gasteiger partial charge on any atom is 0.335 e. The molecule has 3 radical (unpaired) electrons. The number of anilines is 4. The largest absolute Gasteiger partial charge is 0.671 e. The molecule has 0 unspecified atom stereocenters. The molecule has 7 aromatic carbocycles. The van der Waals surface area contributed by atoms with Crippen LogP contribution in [0.4, 0.5) is 22.7 Å². The van der Waals surface area contributed by atoms with Crippen LogP contribution in [0.15, 0.2) is 152 Å². The molecule has 0 saturated carbocycles. The molecule has 6 atom stereocenters. The second-order valence-electron chi connectivity index (χ2n) is 20.3. The number of benzene rings is 7. The van der Waals surface area contributed by atoms with Gasteiger partial charge in [-0.2, -0.15) is 17.7 Å². The Morgan fingerprint density at radius 3 is 1.31 bits per heavy atom. The van der Waals surface area contributed by atoms with Gasteiger partial charge in [0.05, 0.1) is 17.9 Å². The number of fused-ring (bicyclic) bond motifs is 3. The van der Waals surface area contributed by atoms with Crippen LogP contribution in [0.25, 0.3) is 44.8 Å². The van der Waals surface area contributed by atoms with Gasteiger partial charge < -0.3 is 46.7 Å². The maximum atomic E-state index is 12.4. The van der Waals surface area contributed by atoms with Crippen molar-refractivity contribution in [1.82, 2.24) is 5.32 Å². The van der Waals surface area contributed by atoms with E-state index in [4.69, 9.17) is 28.2 Å². The van der Waals surface area contributed by atoms with Gasteiger partial charge in [0, 0.05) is 171 Å². The van der Waals surface area contributed by atoms with E-state index in [2.05, 4.69) is 54.0 Å². The first kappa shape index (κ1) is 67.2. The molecule has 0 fully saturated rings. The molecule has 0 aliphatic carbocycles. The standard InChI is InChI=1S/C25H22ClN2O2.C20H24N3O.C19H19N2O3.3Y/c1-16-13-24(27-22-10-8-21(26)9-11-22)23-14-20(7-12-25(23)28(16)17(2)30)19-5-3-18(15-29)4-6-19;1-13-10-19(21)18-11-17(8-9-20(18)23(13)14(2)24)16-6-4-15(5-7-16)12-22-3;1-11-9-17(20)16-10-15(7-8-18(16)21(11)12(2)22)13-3-5-14(6-4-13)19(23)24;;;/h3-12,14,16,24,27H,13H2,1-2H3;4-9,11,13,19,21-22H,10,12H2,1-3H3;3-8,10-11,17,20H,9H2,1-2H3,(H,23,24);;;/q3*-1;;;/t16-,24+;13-,19+;11-,17+;;;/m000.../s1. The zero-order chi connectivity index (χ0) is 55.9. The number of hydrogen-bond donors (Lipinski definition) is 3. The summed E-state index contributed by atoms with van der Waals surface area (Å²) in [6.45, 7) is 11.6. The van der Waals surface area contributed by atoms with E-state index in [1.165, 1.54) is 5.56 Å². The number of hydrogen-bond acceptors (Lipinski definition) is 7. The molecule has 7 aromatic rings. The summed E-state index contributed by atoms with van der Waals surface area (Å²) in [4.78, 5) is 63.5. The number of amides is 3. The number of carbonyl (C=O) groups is 4. The van der Waals surface area contributed by atoms with E-state index in [0.29, 0.717) is 23.4 Å². The van der Waals surface area contributed by atoms with Crippen molar-refractivity contribution in [1.29, 1.82) is 0 Å². The Kier molecular flexibility index (Phi) is 25.1. The average Bonchev–Trinajstić information content (AvgIpc) is 3.58. The van der Waals surface area contributed by atoms with Gasteiger partial charge in [0.15, 0.2) is 0 Å². The Morgan fingerprint density at radius 1 is 0.543 bits per heavy atom. The minimum atomic E-state index is -0.954. The molecule has 0 saturated heterocycles. The molecule has 3 heterocycles. The molecule has 13 nitrogen and oxygen atoms in total. The smallest absolute Gasteiger partial charge is 0.335 e. The number of nitrogens with zero attached hydrogens (tertiary/aromatic N) is 3. The Bertz CT molecular complexity index is 3330. The van der Waals surface area contributed by atoms with Crippen LogP contribution >= 0.6 is 11.6 Å². The van der Waals surface area contributed by atoms with E-state index in [-0.39, 0.29) is 158 Å². The van der Waals surface area contributed by atoms with Crippen molar-refractivity contribution >= 4 is 64.3 Å². The van der Waals surface area contributed by atoms with Crippen LogP contribution in [-0.4, -0.2) is 60.3 Å². The fourth-order valence-corrected chi connectivity index (χ4v) is 11.1. The van der Waals surface area contributed by atoms with E-state index >= 15 is 0 Å².